The van der Waals surface area contributed by atoms with Gasteiger partial charge in [-0.05, 0) is 50.8 Å². The Labute approximate surface area is 173 Å². The number of aromatic amines is 1. The number of thioether (sulfide) groups is 1. The minimum atomic E-state index is -0.267. The second-order valence-corrected chi connectivity index (χ2v) is 9.41. The molecule has 7 heteroatoms. The van der Waals surface area contributed by atoms with Gasteiger partial charge in [-0.25, -0.2) is 4.98 Å². The Hall–Kier alpha value is -2.12. The van der Waals surface area contributed by atoms with Crippen molar-refractivity contribution in [3.8, 4) is 0 Å². The number of benzene rings is 1. The van der Waals surface area contributed by atoms with Gasteiger partial charge in [0.15, 0.2) is 0 Å². The third-order valence-electron chi connectivity index (χ3n) is 4.92. The SMILES string of the molecule is CCc1cccc(C)c1NC(=O)[C@H](C)SCc1nc2sc(C)c(C)c2c(=O)[nH]1. The Morgan fingerprint density at radius 2 is 2.07 bits per heavy atom. The molecule has 0 aliphatic heterocycles. The molecule has 0 saturated carbocycles. The number of hydrogen-bond donors (Lipinski definition) is 2. The van der Waals surface area contributed by atoms with Crippen molar-refractivity contribution >= 4 is 44.9 Å². The molecule has 3 aromatic rings. The largest absolute Gasteiger partial charge is 0.325 e. The van der Waals surface area contributed by atoms with Crippen LogP contribution in [0.15, 0.2) is 23.0 Å². The van der Waals surface area contributed by atoms with Crippen molar-refractivity contribution in [1.82, 2.24) is 9.97 Å². The second kappa shape index (κ2) is 8.49. The first-order valence-electron chi connectivity index (χ1n) is 9.31. The Kier molecular flexibility index (Phi) is 6.25. The Bertz CT molecular complexity index is 1090. The third-order valence-corrected chi connectivity index (χ3v) is 7.17. The smallest absolute Gasteiger partial charge is 0.259 e. The summed E-state index contributed by atoms with van der Waals surface area (Å²) in [5.41, 5.74) is 3.98. The van der Waals surface area contributed by atoms with Crippen LogP contribution in [0.4, 0.5) is 5.69 Å². The van der Waals surface area contributed by atoms with E-state index in [0.717, 1.165) is 38.5 Å². The molecule has 0 saturated heterocycles. The fourth-order valence-electron chi connectivity index (χ4n) is 3.07. The number of carbonyl (C=O) groups is 1. The number of amides is 1. The van der Waals surface area contributed by atoms with Gasteiger partial charge in [0.05, 0.1) is 16.4 Å². The zero-order valence-corrected chi connectivity index (χ0v) is 18.4. The van der Waals surface area contributed by atoms with E-state index in [9.17, 15) is 9.59 Å². The van der Waals surface area contributed by atoms with Crippen LogP contribution in [0, 0.1) is 20.8 Å². The van der Waals surface area contributed by atoms with Gasteiger partial charge in [0.25, 0.3) is 5.56 Å². The molecule has 2 aromatic heterocycles. The minimum Gasteiger partial charge on any atom is -0.325 e. The molecule has 0 unspecified atom stereocenters. The maximum atomic E-state index is 12.7. The molecule has 5 nitrogen and oxygen atoms in total. The summed E-state index contributed by atoms with van der Waals surface area (Å²) < 4.78 is 0. The number of hydrogen-bond acceptors (Lipinski definition) is 5. The van der Waals surface area contributed by atoms with Crippen LogP contribution in [0.1, 0.15) is 41.2 Å². The summed E-state index contributed by atoms with van der Waals surface area (Å²) in [5, 5.41) is 3.48. The summed E-state index contributed by atoms with van der Waals surface area (Å²) in [6, 6.07) is 6.05. The highest BCUT2D eigenvalue weighted by Crippen LogP contribution is 2.27. The van der Waals surface area contributed by atoms with E-state index >= 15 is 0 Å². The number of para-hydroxylation sites is 1. The van der Waals surface area contributed by atoms with Gasteiger partial charge in [-0.2, -0.15) is 0 Å². The van der Waals surface area contributed by atoms with Gasteiger partial charge in [0, 0.05) is 10.6 Å². The number of aromatic nitrogens is 2. The van der Waals surface area contributed by atoms with E-state index < -0.39 is 0 Å². The molecule has 0 bridgehead atoms. The van der Waals surface area contributed by atoms with Crippen LogP contribution < -0.4 is 10.9 Å². The molecular formula is C21H25N3O2S2. The first-order chi connectivity index (χ1) is 13.3. The molecule has 2 heterocycles. The predicted molar refractivity (Wildman–Crippen MR) is 120 cm³/mol. The van der Waals surface area contributed by atoms with Crippen LogP contribution in [-0.2, 0) is 17.0 Å². The molecule has 0 fully saturated rings. The monoisotopic (exact) mass is 415 g/mol. The standard InChI is InChI=1S/C21H25N3O2S2/c1-6-15-9-7-8-11(2)18(15)24-19(25)14(5)27-10-16-22-20(26)17-12(3)13(4)28-21(17)23-16/h7-9,14H,6,10H2,1-5H3,(H,24,25)(H,22,23,26)/t14-/m0/s1. The summed E-state index contributed by atoms with van der Waals surface area (Å²) >= 11 is 3.00. The molecule has 1 aromatic carbocycles. The van der Waals surface area contributed by atoms with E-state index in [2.05, 4.69) is 22.2 Å². The Morgan fingerprint density at radius 1 is 1.32 bits per heavy atom. The number of fused-ring (bicyclic) bond motifs is 1. The molecule has 0 aliphatic rings. The lowest BCUT2D eigenvalue weighted by Gasteiger charge is -2.16. The molecule has 3 rings (SSSR count). The lowest BCUT2D eigenvalue weighted by atomic mass is 10.1. The normalized spacial score (nSPS) is 12.3. The van der Waals surface area contributed by atoms with Crippen LogP contribution in [0.25, 0.3) is 10.2 Å². The van der Waals surface area contributed by atoms with Crippen molar-refractivity contribution in [3.63, 3.8) is 0 Å². The number of thiophene rings is 1. The van der Waals surface area contributed by atoms with E-state index in [1.807, 2.05) is 45.9 Å². The highest BCUT2D eigenvalue weighted by molar-refractivity contribution is 7.99. The number of nitrogens with zero attached hydrogens (tertiary/aromatic N) is 1. The van der Waals surface area contributed by atoms with Crippen LogP contribution in [0.3, 0.4) is 0 Å². The predicted octanol–water partition coefficient (Wildman–Crippen LogP) is 4.73. The van der Waals surface area contributed by atoms with Gasteiger partial charge in [0.2, 0.25) is 5.91 Å². The fourth-order valence-corrected chi connectivity index (χ4v) is 4.88. The summed E-state index contributed by atoms with van der Waals surface area (Å²) in [4.78, 5) is 34.4. The summed E-state index contributed by atoms with van der Waals surface area (Å²) in [6.45, 7) is 9.90. The summed E-state index contributed by atoms with van der Waals surface area (Å²) in [5.74, 6) is 1.04. The molecular weight excluding hydrogens is 390 g/mol. The number of anilines is 1. The van der Waals surface area contributed by atoms with E-state index in [1.54, 1.807) is 0 Å². The van der Waals surface area contributed by atoms with Gasteiger partial charge in [-0.1, -0.05) is 25.1 Å². The number of rotatable bonds is 6. The highest BCUT2D eigenvalue weighted by atomic mass is 32.2. The van der Waals surface area contributed by atoms with E-state index in [1.165, 1.54) is 23.1 Å². The minimum absolute atomic E-state index is 0.0414. The molecule has 1 amide bonds. The maximum Gasteiger partial charge on any atom is 0.259 e. The van der Waals surface area contributed by atoms with E-state index in [0.29, 0.717) is 17.0 Å². The van der Waals surface area contributed by atoms with Crippen LogP contribution in [0.5, 0.6) is 0 Å². The summed E-state index contributed by atoms with van der Waals surface area (Å²) in [7, 11) is 0. The Morgan fingerprint density at radius 3 is 2.79 bits per heavy atom. The molecule has 0 radical (unpaired) electrons. The lowest BCUT2D eigenvalue weighted by Crippen LogP contribution is -2.24. The average Bonchev–Trinajstić information content (AvgIpc) is 2.95. The first-order valence-corrected chi connectivity index (χ1v) is 11.2. The van der Waals surface area contributed by atoms with Gasteiger partial charge >= 0.3 is 0 Å². The number of aryl methyl sites for hydroxylation is 4. The lowest BCUT2D eigenvalue weighted by molar-refractivity contribution is -0.115. The van der Waals surface area contributed by atoms with Crippen LogP contribution >= 0.6 is 23.1 Å². The maximum absolute atomic E-state index is 12.7. The quantitative estimate of drug-likeness (QED) is 0.610. The first kappa shape index (κ1) is 20.6. The zero-order valence-electron chi connectivity index (χ0n) is 16.8. The van der Waals surface area contributed by atoms with Crippen molar-refractivity contribution in [2.24, 2.45) is 0 Å². The molecule has 148 valence electrons. The van der Waals surface area contributed by atoms with Gasteiger partial charge in [-0.15, -0.1) is 23.1 Å². The third kappa shape index (κ3) is 4.15. The van der Waals surface area contributed by atoms with E-state index in [4.69, 9.17) is 0 Å². The van der Waals surface area contributed by atoms with Crippen LogP contribution in [0.2, 0.25) is 0 Å². The molecule has 0 aliphatic carbocycles. The highest BCUT2D eigenvalue weighted by Gasteiger charge is 2.18. The topological polar surface area (TPSA) is 74.8 Å². The van der Waals surface area contributed by atoms with Crippen molar-refractivity contribution in [3.05, 3.63) is 55.9 Å². The number of H-pyrrole nitrogens is 1. The second-order valence-electron chi connectivity index (χ2n) is 6.88. The van der Waals surface area contributed by atoms with Gasteiger partial charge in [-0.3, -0.25) is 9.59 Å². The molecule has 0 spiro atoms. The van der Waals surface area contributed by atoms with Crippen molar-refractivity contribution in [2.75, 3.05) is 5.32 Å². The van der Waals surface area contributed by atoms with Gasteiger partial charge < -0.3 is 10.3 Å². The average molecular weight is 416 g/mol. The zero-order chi connectivity index (χ0) is 20.4. The Balaban J connectivity index is 1.70. The van der Waals surface area contributed by atoms with Crippen molar-refractivity contribution in [1.29, 1.82) is 0 Å². The number of carbonyl (C=O) groups excluding carboxylic acids is 1. The van der Waals surface area contributed by atoms with Gasteiger partial charge in [0.1, 0.15) is 10.7 Å². The van der Waals surface area contributed by atoms with Crippen molar-refractivity contribution < 1.29 is 4.79 Å². The van der Waals surface area contributed by atoms with E-state index in [-0.39, 0.29) is 16.7 Å². The molecule has 28 heavy (non-hydrogen) atoms. The van der Waals surface area contributed by atoms with Crippen LogP contribution in [-0.4, -0.2) is 21.1 Å². The summed E-state index contributed by atoms with van der Waals surface area (Å²) in [6.07, 6.45) is 0.865. The molecule has 2 N–H and O–H groups in total. The van der Waals surface area contributed by atoms with Crippen molar-refractivity contribution in [2.45, 2.75) is 52.0 Å². The number of nitrogens with one attached hydrogen (secondary N) is 2. The molecule has 1 atom stereocenters. The fraction of sp³-hybridized carbons (Fsp3) is 0.381.